The third-order valence-corrected chi connectivity index (χ3v) is 6.12. The molecule has 160 valence electrons. The number of nitrogens with one attached hydrogen (secondary N) is 2. The summed E-state index contributed by atoms with van der Waals surface area (Å²) in [6, 6.07) is 15.0. The van der Waals surface area contributed by atoms with Crippen molar-refractivity contribution < 1.29 is 9.59 Å². The zero-order valence-corrected chi connectivity index (χ0v) is 18.4. The van der Waals surface area contributed by atoms with Crippen molar-refractivity contribution >= 4 is 29.1 Å². The largest absolute Gasteiger partial charge is 0.372 e. The van der Waals surface area contributed by atoms with Crippen LogP contribution >= 0.6 is 11.6 Å². The van der Waals surface area contributed by atoms with Crippen molar-refractivity contribution in [3.63, 3.8) is 0 Å². The van der Waals surface area contributed by atoms with E-state index in [1.807, 2.05) is 12.1 Å². The lowest BCUT2D eigenvalue weighted by atomic mass is 9.94. The predicted molar refractivity (Wildman–Crippen MR) is 122 cm³/mol. The van der Waals surface area contributed by atoms with E-state index in [0.717, 1.165) is 5.56 Å². The van der Waals surface area contributed by atoms with Crippen LogP contribution in [0.5, 0.6) is 0 Å². The highest BCUT2D eigenvalue weighted by molar-refractivity contribution is 6.33. The summed E-state index contributed by atoms with van der Waals surface area (Å²) in [6.45, 7) is 2.07. The second-order valence-electron chi connectivity index (χ2n) is 7.96. The maximum atomic E-state index is 12.4. The molecule has 2 aromatic carbocycles. The number of hydrogen-bond donors (Lipinski definition) is 2. The van der Waals surface area contributed by atoms with Crippen molar-refractivity contribution in [2.45, 2.75) is 57.7 Å². The summed E-state index contributed by atoms with van der Waals surface area (Å²) in [4.78, 5) is 27.1. The fraction of sp³-hybridized carbons (Fsp3) is 0.417. The normalized spacial score (nSPS) is 15.3. The Morgan fingerprint density at radius 1 is 1.07 bits per heavy atom. The van der Waals surface area contributed by atoms with Crippen LogP contribution in [0, 0.1) is 0 Å². The predicted octanol–water partition coefficient (Wildman–Crippen LogP) is 4.54. The average Bonchev–Trinajstić information content (AvgIpc) is 2.78. The van der Waals surface area contributed by atoms with Crippen molar-refractivity contribution in [2.24, 2.45) is 0 Å². The number of carbonyl (C=O) groups excluding carboxylic acids is 2. The van der Waals surface area contributed by atoms with Gasteiger partial charge in [-0.3, -0.25) is 9.59 Å². The van der Waals surface area contributed by atoms with Crippen LogP contribution in [-0.2, 0) is 11.3 Å². The van der Waals surface area contributed by atoms with Gasteiger partial charge in [0.05, 0.1) is 10.6 Å². The van der Waals surface area contributed by atoms with Crippen molar-refractivity contribution in [3.8, 4) is 0 Å². The van der Waals surface area contributed by atoms with Gasteiger partial charge in [-0.05, 0) is 49.6 Å². The average molecular weight is 428 g/mol. The fourth-order valence-electron chi connectivity index (χ4n) is 3.86. The molecule has 2 aromatic rings. The standard InChI is InChI=1S/C24H30ClN3O2/c1-17(27-24(30)21-10-6-7-11-22(21)25)23(29)26-16-18-12-14-20(15-13-18)28(2)19-8-4-3-5-9-19/h6-7,10-15,17,19H,3-5,8-9,16H2,1-2H3,(H,26,29)(H,27,30). The first-order valence-electron chi connectivity index (χ1n) is 10.6. The van der Waals surface area contributed by atoms with Gasteiger partial charge in [0.1, 0.15) is 6.04 Å². The van der Waals surface area contributed by atoms with Crippen LogP contribution < -0.4 is 15.5 Å². The first-order valence-corrected chi connectivity index (χ1v) is 11.0. The molecular weight excluding hydrogens is 398 g/mol. The van der Waals surface area contributed by atoms with E-state index in [0.29, 0.717) is 23.2 Å². The molecular formula is C24H30ClN3O2. The van der Waals surface area contributed by atoms with Crippen molar-refractivity contribution in [1.29, 1.82) is 0 Å². The van der Waals surface area contributed by atoms with Crippen LogP contribution in [0.15, 0.2) is 48.5 Å². The number of nitrogens with zero attached hydrogens (tertiary/aromatic N) is 1. The summed E-state index contributed by atoms with van der Waals surface area (Å²) in [5, 5.41) is 5.94. The summed E-state index contributed by atoms with van der Waals surface area (Å²) in [6.07, 6.45) is 6.48. The summed E-state index contributed by atoms with van der Waals surface area (Å²) < 4.78 is 0. The Bertz CT molecular complexity index is 863. The molecule has 2 N–H and O–H groups in total. The SMILES string of the molecule is CC(NC(=O)c1ccccc1Cl)C(=O)NCc1ccc(N(C)C2CCCCC2)cc1. The monoisotopic (exact) mass is 427 g/mol. The van der Waals surface area contributed by atoms with Crippen LogP contribution in [0.4, 0.5) is 5.69 Å². The second kappa shape index (κ2) is 10.5. The first-order chi connectivity index (χ1) is 14.5. The van der Waals surface area contributed by atoms with E-state index in [4.69, 9.17) is 11.6 Å². The van der Waals surface area contributed by atoms with Crippen LogP contribution in [0.3, 0.4) is 0 Å². The number of rotatable bonds is 7. The number of halogens is 1. The van der Waals surface area contributed by atoms with Crippen LogP contribution in [0.1, 0.15) is 54.9 Å². The molecule has 1 atom stereocenters. The Morgan fingerprint density at radius 3 is 2.40 bits per heavy atom. The van der Waals surface area contributed by atoms with Crippen LogP contribution in [-0.4, -0.2) is 30.9 Å². The highest BCUT2D eigenvalue weighted by Gasteiger charge is 2.19. The third-order valence-electron chi connectivity index (χ3n) is 5.79. The Hall–Kier alpha value is -2.53. The minimum absolute atomic E-state index is 0.237. The molecule has 1 aliphatic carbocycles. The minimum atomic E-state index is -0.662. The quantitative estimate of drug-likeness (QED) is 0.681. The first kappa shape index (κ1) is 22.2. The van der Waals surface area contributed by atoms with E-state index in [9.17, 15) is 9.59 Å². The smallest absolute Gasteiger partial charge is 0.253 e. The van der Waals surface area contributed by atoms with Crippen LogP contribution in [0.2, 0.25) is 5.02 Å². The van der Waals surface area contributed by atoms with Gasteiger partial charge in [0.15, 0.2) is 0 Å². The Balaban J connectivity index is 1.49. The fourth-order valence-corrected chi connectivity index (χ4v) is 4.08. The van der Waals surface area contributed by atoms with Crippen LogP contribution in [0.25, 0.3) is 0 Å². The minimum Gasteiger partial charge on any atom is -0.372 e. The van der Waals surface area contributed by atoms with Gasteiger partial charge in [-0.1, -0.05) is 55.1 Å². The highest BCUT2D eigenvalue weighted by Crippen LogP contribution is 2.26. The molecule has 2 amide bonds. The topological polar surface area (TPSA) is 61.4 Å². The molecule has 0 heterocycles. The van der Waals surface area contributed by atoms with E-state index < -0.39 is 6.04 Å². The number of carbonyl (C=O) groups is 2. The Labute approximate surface area is 183 Å². The van der Waals surface area contributed by atoms with E-state index in [2.05, 4.69) is 34.7 Å². The van der Waals surface area contributed by atoms with Gasteiger partial charge in [0.25, 0.3) is 5.91 Å². The van der Waals surface area contributed by atoms with Crippen molar-refractivity contribution in [3.05, 3.63) is 64.7 Å². The zero-order chi connectivity index (χ0) is 21.5. The molecule has 1 saturated carbocycles. The molecule has 0 bridgehead atoms. The summed E-state index contributed by atoms with van der Waals surface area (Å²) in [5.41, 5.74) is 2.59. The molecule has 6 heteroatoms. The summed E-state index contributed by atoms with van der Waals surface area (Å²) >= 11 is 6.04. The lowest BCUT2D eigenvalue weighted by Crippen LogP contribution is -2.44. The molecule has 30 heavy (non-hydrogen) atoms. The molecule has 0 spiro atoms. The van der Waals surface area contributed by atoms with E-state index in [-0.39, 0.29) is 11.8 Å². The number of amides is 2. The van der Waals surface area contributed by atoms with Gasteiger partial charge in [-0.15, -0.1) is 0 Å². The van der Waals surface area contributed by atoms with Gasteiger partial charge in [-0.2, -0.15) is 0 Å². The molecule has 0 aliphatic heterocycles. The van der Waals surface area contributed by atoms with E-state index >= 15 is 0 Å². The Morgan fingerprint density at radius 2 is 1.73 bits per heavy atom. The lowest BCUT2D eigenvalue weighted by Gasteiger charge is -2.33. The van der Waals surface area contributed by atoms with Gasteiger partial charge >= 0.3 is 0 Å². The summed E-state index contributed by atoms with van der Waals surface area (Å²) in [5.74, 6) is -0.600. The Kier molecular flexibility index (Phi) is 7.75. The van der Waals surface area contributed by atoms with E-state index in [1.165, 1.54) is 37.8 Å². The highest BCUT2D eigenvalue weighted by atomic mass is 35.5. The third kappa shape index (κ3) is 5.76. The molecule has 1 unspecified atom stereocenters. The summed E-state index contributed by atoms with van der Waals surface area (Å²) in [7, 11) is 2.16. The van der Waals surface area contributed by atoms with Crippen molar-refractivity contribution in [2.75, 3.05) is 11.9 Å². The van der Waals surface area contributed by atoms with E-state index in [1.54, 1.807) is 31.2 Å². The lowest BCUT2D eigenvalue weighted by molar-refractivity contribution is -0.122. The van der Waals surface area contributed by atoms with Gasteiger partial charge < -0.3 is 15.5 Å². The molecule has 1 fully saturated rings. The van der Waals surface area contributed by atoms with Gasteiger partial charge in [0, 0.05) is 25.3 Å². The van der Waals surface area contributed by atoms with Gasteiger partial charge in [0.2, 0.25) is 5.91 Å². The maximum absolute atomic E-state index is 12.4. The number of hydrogen-bond acceptors (Lipinski definition) is 3. The molecule has 5 nitrogen and oxygen atoms in total. The molecule has 0 radical (unpaired) electrons. The molecule has 0 aromatic heterocycles. The van der Waals surface area contributed by atoms with Gasteiger partial charge in [-0.25, -0.2) is 0 Å². The molecule has 0 saturated heterocycles. The maximum Gasteiger partial charge on any atom is 0.253 e. The second-order valence-corrected chi connectivity index (χ2v) is 8.37. The number of anilines is 1. The zero-order valence-electron chi connectivity index (χ0n) is 17.7. The molecule has 3 rings (SSSR count). The van der Waals surface area contributed by atoms with Crippen molar-refractivity contribution in [1.82, 2.24) is 10.6 Å². The number of benzene rings is 2. The molecule has 1 aliphatic rings.